The lowest BCUT2D eigenvalue weighted by molar-refractivity contribution is -0.440. The van der Waals surface area contributed by atoms with Gasteiger partial charge >= 0.3 is 59.7 Å². The summed E-state index contributed by atoms with van der Waals surface area (Å²) in [4.78, 5) is 10.8. The van der Waals surface area contributed by atoms with Crippen molar-refractivity contribution in [3.05, 3.63) is 0 Å². The number of hydrogen-bond acceptors (Lipinski definition) is 2. The molecule has 23 heteroatoms. The Kier molecular flexibility index (Phi) is 8.08. The van der Waals surface area contributed by atoms with Crippen LogP contribution in [0, 0.1) is 0 Å². The van der Waals surface area contributed by atoms with E-state index < -0.39 is 77.7 Å². The van der Waals surface area contributed by atoms with Gasteiger partial charge in [0.05, 0.1) is 6.54 Å². The number of hydrogen-bond donors (Lipinski definition) is 1. The first kappa shape index (κ1) is 33.0. The van der Waals surface area contributed by atoms with E-state index in [0.29, 0.717) is 0 Å². The van der Waals surface area contributed by atoms with Crippen LogP contribution in [-0.4, -0.2) is 76.5 Å². The quantitative estimate of drug-likeness (QED) is 0.203. The molecule has 0 saturated carbocycles. The molecule has 0 aromatic heterocycles. The Balaban J connectivity index is 6.05. The molecule has 0 aliphatic heterocycles. The Hall–Kier alpha value is -1.97. The number of amides is 1. The lowest BCUT2D eigenvalue weighted by Gasteiger charge is -2.40. The van der Waals surface area contributed by atoms with Gasteiger partial charge in [0.15, 0.2) is 0 Å². The van der Waals surface area contributed by atoms with E-state index in [4.69, 9.17) is 5.21 Å². The molecule has 35 heavy (non-hydrogen) atoms. The highest BCUT2D eigenvalue weighted by atomic mass is 19.4. The minimum Gasteiger partial charge on any atom is -0.286 e. The number of hydroxylamine groups is 2. The fourth-order valence-corrected chi connectivity index (χ4v) is 1.78. The van der Waals surface area contributed by atoms with Crippen molar-refractivity contribution in [3.8, 4) is 0 Å². The zero-order valence-corrected chi connectivity index (χ0v) is 15.3. The van der Waals surface area contributed by atoms with Crippen molar-refractivity contribution in [1.82, 2.24) is 5.06 Å². The Morgan fingerprint density at radius 3 is 1.14 bits per heavy atom. The topological polar surface area (TPSA) is 40.5 Å². The molecule has 0 bridgehead atoms. The molecule has 0 heterocycles. The molecule has 0 aliphatic rings. The molecule has 1 amide bonds. The number of carbonyl (C=O) groups is 1. The van der Waals surface area contributed by atoms with Crippen LogP contribution in [0.15, 0.2) is 0 Å². The van der Waals surface area contributed by atoms with Gasteiger partial charge in [-0.05, 0) is 0 Å². The third-order valence-electron chi connectivity index (χ3n) is 3.89. The smallest absolute Gasteiger partial charge is 0.286 e. The summed E-state index contributed by atoms with van der Waals surface area (Å²) in [5.41, 5.74) is 0. The van der Waals surface area contributed by atoms with Gasteiger partial charge in [-0.1, -0.05) is 0 Å². The van der Waals surface area contributed by atoms with Crippen molar-refractivity contribution in [2.45, 2.75) is 60.2 Å². The van der Waals surface area contributed by atoms with Gasteiger partial charge in [-0.2, -0.15) is 87.8 Å². The standard InChI is InChI=1S/C12H5F20NO2/c13-4(14,1-2-33(35)3(34)5(15,16)7(19,20)11(27,28)29)6(17,18)8(21,22)9(23,24)10(25,26)12(30,31)32/h35H,1-2H2. The largest absolute Gasteiger partial charge is 0.460 e. The Bertz CT molecular complexity index is 780. The maximum Gasteiger partial charge on any atom is 0.460 e. The lowest BCUT2D eigenvalue weighted by Crippen LogP contribution is -2.70. The zero-order chi connectivity index (χ0) is 29.1. The highest BCUT2D eigenvalue weighted by molar-refractivity contribution is 5.83. The number of halogens is 20. The third-order valence-corrected chi connectivity index (χ3v) is 3.89. The molecular weight excluding hydrogens is 570 g/mol. The van der Waals surface area contributed by atoms with Gasteiger partial charge in [0.25, 0.3) is 0 Å². The van der Waals surface area contributed by atoms with Crippen LogP contribution in [0.4, 0.5) is 87.8 Å². The number of carbonyl (C=O) groups excluding carboxylic acids is 1. The van der Waals surface area contributed by atoms with Crippen LogP contribution in [-0.2, 0) is 4.79 Å². The van der Waals surface area contributed by atoms with Crippen molar-refractivity contribution in [2.24, 2.45) is 0 Å². The average molecular weight is 575 g/mol. The van der Waals surface area contributed by atoms with Crippen LogP contribution in [0.5, 0.6) is 0 Å². The molecule has 0 aliphatic carbocycles. The van der Waals surface area contributed by atoms with Gasteiger partial charge in [-0.15, -0.1) is 0 Å². The molecule has 0 aromatic rings. The van der Waals surface area contributed by atoms with Gasteiger partial charge in [0.1, 0.15) is 0 Å². The van der Waals surface area contributed by atoms with Crippen LogP contribution in [0.1, 0.15) is 6.42 Å². The summed E-state index contributed by atoms with van der Waals surface area (Å²) >= 11 is 0. The number of alkyl halides is 20. The maximum absolute atomic E-state index is 13.4. The molecule has 3 nitrogen and oxygen atoms in total. The van der Waals surface area contributed by atoms with Gasteiger partial charge < -0.3 is 0 Å². The first-order chi connectivity index (χ1) is 14.8. The van der Waals surface area contributed by atoms with Crippen molar-refractivity contribution < 1.29 is 97.8 Å². The Labute approximate surface area is 177 Å². The van der Waals surface area contributed by atoms with Gasteiger partial charge in [0.2, 0.25) is 0 Å². The molecular formula is C12H5F20NO2. The fraction of sp³-hybridized carbons (Fsp3) is 0.917. The molecule has 210 valence electrons. The summed E-state index contributed by atoms with van der Waals surface area (Å²) < 4.78 is 254. The van der Waals surface area contributed by atoms with Gasteiger partial charge in [0, 0.05) is 6.42 Å². The van der Waals surface area contributed by atoms with Crippen LogP contribution in [0.2, 0.25) is 0 Å². The molecule has 0 unspecified atom stereocenters. The van der Waals surface area contributed by atoms with E-state index in [1.54, 1.807) is 0 Å². The van der Waals surface area contributed by atoms with Crippen LogP contribution in [0.3, 0.4) is 0 Å². The average Bonchev–Trinajstić information content (AvgIpc) is 2.62. The fourth-order valence-electron chi connectivity index (χ4n) is 1.78. The van der Waals surface area contributed by atoms with E-state index in [1.807, 2.05) is 0 Å². The molecule has 0 spiro atoms. The van der Waals surface area contributed by atoms with E-state index in [0.717, 1.165) is 0 Å². The maximum atomic E-state index is 13.4. The van der Waals surface area contributed by atoms with Crippen LogP contribution >= 0.6 is 0 Å². The summed E-state index contributed by atoms with van der Waals surface area (Å²) in [5.74, 6) is -58.4. The summed E-state index contributed by atoms with van der Waals surface area (Å²) in [6.07, 6.45) is -18.6. The van der Waals surface area contributed by atoms with Gasteiger partial charge in [-0.3, -0.25) is 10.0 Å². The minimum absolute atomic E-state index is 2.30. The summed E-state index contributed by atoms with van der Waals surface area (Å²) in [6, 6.07) is 0. The van der Waals surface area contributed by atoms with E-state index in [-0.39, 0.29) is 0 Å². The van der Waals surface area contributed by atoms with Crippen LogP contribution in [0.25, 0.3) is 0 Å². The second kappa shape index (κ2) is 8.56. The Morgan fingerprint density at radius 1 is 0.514 bits per heavy atom. The number of nitrogens with zero attached hydrogens (tertiary/aromatic N) is 1. The first-order valence-corrected chi connectivity index (χ1v) is 7.58. The van der Waals surface area contributed by atoms with Crippen LogP contribution < -0.4 is 0 Å². The summed E-state index contributed by atoms with van der Waals surface area (Å²) in [6.45, 7) is -3.07. The molecule has 0 fully saturated rings. The normalized spacial score (nSPS) is 15.9. The van der Waals surface area contributed by atoms with E-state index in [9.17, 15) is 92.6 Å². The molecule has 0 rings (SSSR count). The second-order valence-electron chi connectivity index (χ2n) is 6.32. The third kappa shape index (κ3) is 4.87. The molecule has 0 atom stereocenters. The summed E-state index contributed by atoms with van der Waals surface area (Å²) in [7, 11) is 0. The zero-order valence-electron chi connectivity index (χ0n) is 15.3. The van der Waals surface area contributed by atoms with Crippen molar-refractivity contribution in [2.75, 3.05) is 6.54 Å². The molecule has 0 radical (unpaired) electrons. The monoisotopic (exact) mass is 575 g/mol. The van der Waals surface area contributed by atoms with Gasteiger partial charge in [-0.25, -0.2) is 5.06 Å². The predicted molar refractivity (Wildman–Crippen MR) is 64.9 cm³/mol. The predicted octanol–water partition coefficient (Wildman–Crippen LogP) is 6.17. The highest BCUT2D eigenvalue weighted by Crippen LogP contribution is 2.60. The molecule has 1 N–H and O–H groups in total. The lowest BCUT2D eigenvalue weighted by atomic mass is 9.92. The molecule has 0 saturated heterocycles. The summed E-state index contributed by atoms with van der Waals surface area (Å²) in [5, 5.41) is 6.33. The highest BCUT2D eigenvalue weighted by Gasteiger charge is 2.90. The van der Waals surface area contributed by atoms with E-state index in [1.165, 1.54) is 0 Å². The molecule has 0 aromatic carbocycles. The second-order valence-corrected chi connectivity index (χ2v) is 6.32. The Morgan fingerprint density at radius 2 is 0.829 bits per heavy atom. The van der Waals surface area contributed by atoms with E-state index in [2.05, 4.69) is 0 Å². The minimum atomic E-state index is -8.35. The first-order valence-electron chi connectivity index (χ1n) is 7.58. The van der Waals surface area contributed by atoms with Crippen molar-refractivity contribution in [1.29, 1.82) is 0 Å². The number of rotatable bonds is 9. The van der Waals surface area contributed by atoms with E-state index >= 15 is 0 Å². The van der Waals surface area contributed by atoms with Crippen molar-refractivity contribution in [3.63, 3.8) is 0 Å². The van der Waals surface area contributed by atoms with Crippen molar-refractivity contribution >= 4 is 5.91 Å². The SMILES string of the molecule is O=C(N(O)CCC(F)(F)C(F)(F)C(F)(F)C(F)(F)C(F)(F)C(F)(F)F)C(F)(F)C(F)(F)C(F)(F)F.